The lowest BCUT2D eigenvalue weighted by Gasteiger charge is -2.30. The molecule has 4 rings (SSSR count). The van der Waals surface area contributed by atoms with E-state index in [0.717, 1.165) is 4.90 Å². The van der Waals surface area contributed by atoms with Crippen molar-refractivity contribution in [2.75, 3.05) is 13.1 Å². The molecule has 2 saturated heterocycles. The zero-order chi connectivity index (χ0) is 20.7. The molecular weight excluding hydrogens is 384 g/mol. The van der Waals surface area contributed by atoms with Crippen LogP contribution in [0.15, 0.2) is 12.3 Å². The predicted molar refractivity (Wildman–Crippen MR) is 94.2 cm³/mol. The molecule has 1 unspecified atom stereocenters. The lowest BCUT2D eigenvalue weighted by molar-refractivity contribution is -0.136. The number of hydrogen-bond donors (Lipinski definition) is 2. The summed E-state index contributed by atoms with van der Waals surface area (Å²) in [5.74, 6) is -2.46. The number of carbonyl (C=O) groups is 5. The van der Waals surface area contributed by atoms with Crippen molar-refractivity contribution in [3.8, 4) is 5.88 Å². The Morgan fingerprint density at radius 2 is 1.86 bits per heavy atom. The zero-order valence-electron chi connectivity index (χ0n) is 15.3. The summed E-state index contributed by atoms with van der Waals surface area (Å²) in [5.41, 5.74) is 0.0792. The molecule has 1 aromatic heterocycles. The zero-order valence-corrected chi connectivity index (χ0v) is 15.3. The smallest absolute Gasteiger partial charge is 0.407 e. The molecule has 2 fully saturated rings. The van der Waals surface area contributed by atoms with Crippen molar-refractivity contribution in [1.29, 1.82) is 0 Å². The van der Waals surface area contributed by atoms with Gasteiger partial charge in [-0.05, 0) is 12.5 Å². The fourth-order valence-electron chi connectivity index (χ4n) is 3.79. The number of fused-ring (bicyclic) bond motifs is 1. The van der Waals surface area contributed by atoms with E-state index in [1.807, 2.05) is 0 Å². The van der Waals surface area contributed by atoms with Gasteiger partial charge >= 0.3 is 6.09 Å². The van der Waals surface area contributed by atoms with Crippen molar-refractivity contribution >= 4 is 29.7 Å². The topological polar surface area (TPSA) is 146 Å². The number of nitrogens with one attached hydrogen (secondary N) is 1. The molecule has 2 N–H and O–H groups in total. The van der Waals surface area contributed by atoms with Crippen LogP contribution >= 0.6 is 0 Å². The summed E-state index contributed by atoms with van der Waals surface area (Å²) in [6.45, 7) is 0.592. The fourth-order valence-corrected chi connectivity index (χ4v) is 3.79. The molecule has 3 aliphatic rings. The minimum atomic E-state index is -1.06. The molecule has 11 heteroatoms. The number of hydrogen-bond acceptors (Lipinski definition) is 7. The molecule has 11 nitrogen and oxygen atoms in total. The molecule has 1 atom stereocenters. The second-order valence-corrected chi connectivity index (χ2v) is 7.07. The van der Waals surface area contributed by atoms with Gasteiger partial charge in [-0.1, -0.05) is 0 Å². The standard InChI is InChI=1S/C18H18N4O7/c23-12-2-1-11(14(24)20-12)22-16(25)10-3-6-19-15(13(10)17(22)26)29-9-4-7-21(8-5-9)18(27)28/h3,6,9,11H,1-2,4-5,7-8H2,(H,27,28)(H,20,23,24). The number of rotatable bonds is 3. The second-order valence-electron chi connectivity index (χ2n) is 7.07. The number of pyridine rings is 1. The van der Waals surface area contributed by atoms with E-state index in [0.29, 0.717) is 25.9 Å². The highest BCUT2D eigenvalue weighted by Crippen LogP contribution is 2.33. The SMILES string of the molecule is O=C1CCC(N2C(=O)c3ccnc(OC4CCN(C(=O)O)CC4)c3C2=O)C(=O)N1. The molecule has 4 heterocycles. The Morgan fingerprint density at radius 3 is 2.52 bits per heavy atom. The van der Waals surface area contributed by atoms with Crippen molar-refractivity contribution in [3.05, 3.63) is 23.4 Å². The molecule has 0 bridgehead atoms. The van der Waals surface area contributed by atoms with Crippen molar-refractivity contribution in [2.45, 2.75) is 37.8 Å². The van der Waals surface area contributed by atoms with Crippen LogP contribution in [0.1, 0.15) is 46.4 Å². The van der Waals surface area contributed by atoms with Crippen molar-refractivity contribution < 1.29 is 33.8 Å². The molecule has 29 heavy (non-hydrogen) atoms. The van der Waals surface area contributed by atoms with Crippen LogP contribution in [-0.4, -0.2) is 74.8 Å². The maximum Gasteiger partial charge on any atom is 0.407 e. The fraction of sp³-hybridized carbons (Fsp3) is 0.444. The average Bonchev–Trinajstić information content (AvgIpc) is 2.94. The molecule has 0 aromatic carbocycles. The first-order valence-electron chi connectivity index (χ1n) is 9.22. The van der Waals surface area contributed by atoms with Gasteiger partial charge in [0, 0.05) is 38.5 Å². The third kappa shape index (κ3) is 3.28. The Labute approximate surface area is 164 Å². The van der Waals surface area contributed by atoms with Gasteiger partial charge in [-0.15, -0.1) is 0 Å². The summed E-state index contributed by atoms with van der Waals surface area (Å²) in [6, 6.07) is 0.327. The summed E-state index contributed by atoms with van der Waals surface area (Å²) in [5, 5.41) is 11.2. The molecule has 0 saturated carbocycles. The third-order valence-electron chi connectivity index (χ3n) is 5.31. The van der Waals surface area contributed by atoms with Crippen LogP contribution in [0.5, 0.6) is 5.88 Å². The lowest BCUT2D eigenvalue weighted by Crippen LogP contribution is -2.54. The number of imide groups is 2. The minimum absolute atomic E-state index is 0.00980. The highest BCUT2D eigenvalue weighted by molar-refractivity contribution is 6.24. The van der Waals surface area contributed by atoms with Gasteiger partial charge in [-0.25, -0.2) is 9.78 Å². The first-order valence-corrected chi connectivity index (χ1v) is 9.22. The Bertz CT molecular complexity index is 923. The van der Waals surface area contributed by atoms with E-state index in [1.165, 1.54) is 17.2 Å². The van der Waals surface area contributed by atoms with E-state index >= 15 is 0 Å². The maximum absolute atomic E-state index is 13.0. The Kier molecular flexibility index (Phi) is 4.65. The first kappa shape index (κ1) is 18.8. The van der Waals surface area contributed by atoms with Crippen LogP contribution in [-0.2, 0) is 9.59 Å². The molecule has 1 aromatic rings. The third-order valence-corrected chi connectivity index (χ3v) is 5.31. The quantitative estimate of drug-likeness (QED) is 0.672. The average molecular weight is 402 g/mol. The van der Waals surface area contributed by atoms with Gasteiger partial charge in [0.1, 0.15) is 17.7 Å². The van der Waals surface area contributed by atoms with E-state index < -0.39 is 35.8 Å². The second kappa shape index (κ2) is 7.15. The molecule has 0 aliphatic carbocycles. The number of ether oxygens (including phenoxy) is 1. The van der Waals surface area contributed by atoms with Crippen LogP contribution < -0.4 is 10.1 Å². The van der Waals surface area contributed by atoms with E-state index in [1.54, 1.807) is 0 Å². The van der Waals surface area contributed by atoms with Crippen molar-refractivity contribution in [1.82, 2.24) is 20.1 Å². The molecular formula is C18H18N4O7. The van der Waals surface area contributed by atoms with Crippen LogP contribution in [0.3, 0.4) is 0 Å². The Morgan fingerprint density at radius 1 is 1.14 bits per heavy atom. The van der Waals surface area contributed by atoms with Gasteiger partial charge in [-0.2, -0.15) is 0 Å². The van der Waals surface area contributed by atoms with Gasteiger partial charge in [0.15, 0.2) is 0 Å². The first-order chi connectivity index (χ1) is 13.9. The summed E-state index contributed by atoms with van der Waals surface area (Å²) in [4.78, 5) is 66.5. The van der Waals surface area contributed by atoms with Crippen LogP contribution in [0.25, 0.3) is 0 Å². The molecule has 0 radical (unpaired) electrons. The summed E-state index contributed by atoms with van der Waals surface area (Å²) in [7, 11) is 0. The minimum Gasteiger partial charge on any atom is -0.474 e. The van der Waals surface area contributed by atoms with Gasteiger partial charge in [0.25, 0.3) is 11.8 Å². The van der Waals surface area contributed by atoms with E-state index in [2.05, 4.69) is 10.3 Å². The normalized spacial score (nSPS) is 22.6. The van der Waals surface area contributed by atoms with E-state index in [-0.39, 0.29) is 36.0 Å². The summed E-state index contributed by atoms with van der Waals surface area (Å²) >= 11 is 0. The van der Waals surface area contributed by atoms with Crippen LogP contribution in [0.4, 0.5) is 4.79 Å². The highest BCUT2D eigenvalue weighted by atomic mass is 16.5. The van der Waals surface area contributed by atoms with E-state index in [9.17, 15) is 24.0 Å². The van der Waals surface area contributed by atoms with Crippen molar-refractivity contribution in [3.63, 3.8) is 0 Å². The summed E-state index contributed by atoms with van der Waals surface area (Å²) in [6.07, 6.45) is 0.952. The molecule has 0 spiro atoms. The monoisotopic (exact) mass is 402 g/mol. The molecule has 152 valence electrons. The van der Waals surface area contributed by atoms with Crippen LogP contribution in [0, 0.1) is 0 Å². The molecule has 3 aliphatic heterocycles. The maximum atomic E-state index is 13.0. The highest BCUT2D eigenvalue weighted by Gasteiger charge is 2.46. The van der Waals surface area contributed by atoms with Gasteiger partial charge in [0.05, 0.1) is 5.56 Å². The lowest BCUT2D eigenvalue weighted by atomic mass is 10.0. The number of amides is 5. The van der Waals surface area contributed by atoms with Gasteiger partial charge < -0.3 is 14.7 Å². The summed E-state index contributed by atoms with van der Waals surface area (Å²) < 4.78 is 5.84. The van der Waals surface area contributed by atoms with E-state index in [4.69, 9.17) is 9.84 Å². The number of piperidine rings is 2. The predicted octanol–water partition coefficient (Wildman–Crippen LogP) is 0.00400. The Hall–Kier alpha value is -3.50. The number of nitrogens with zero attached hydrogens (tertiary/aromatic N) is 3. The largest absolute Gasteiger partial charge is 0.474 e. The van der Waals surface area contributed by atoms with Crippen LogP contribution in [0.2, 0.25) is 0 Å². The number of carboxylic acid groups (broad SMARTS) is 1. The van der Waals surface area contributed by atoms with Gasteiger partial charge in [-0.3, -0.25) is 29.4 Å². The van der Waals surface area contributed by atoms with Crippen molar-refractivity contribution in [2.24, 2.45) is 0 Å². The number of likely N-dealkylation sites (tertiary alicyclic amines) is 1. The number of aromatic nitrogens is 1. The Balaban J connectivity index is 1.55. The number of carbonyl (C=O) groups excluding carboxylic acids is 4. The van der Waals surface area contributed by atoms with Gasteiger partial charge in [0.2, 0.25) is 17.7 Å². The molecule has 5 amide bonds.